The molecule has 2 aromatic heterocycles. The Morgan fingerprint density at radius 1 is 1.10 bits per heavy atom. The van der Waals surface area contributed by atoms with Crippen LogP contribution in [0.1, 0.15) is 43.5 Å². The lowest BCUT2D eigenvalue weighted by Gasteiger charge is -2.15. The SMILES string of the molecule is CCOC(=O)C(C)c1ccccc1OCc1nn(C2CCOC2)c2ccc(-c3ccc4ccnc(N)c4c3)cc12. The monoisotopic (exact) mass is 536 g/mol. The van der Waals surface area contributed by atoms with E-state index < -0.39 is 5.92 Å². The average Bonchev–Trinajstić information content (AvgIpc) is 3.64. The minimum Gasteiger partial charge on any atom is -0.487 e. The molecule has 1 saturated heterocycles. The second-order valence-electron chi connectivity index (χ2n) is 10.1. The van der Waals surface area contributed by atoms with Crippen LogP contribution in [0.25, 0.3) is 32.8 Å². The van der Waals surface area contributed by atoms with Crippen LogP contribution in [0.5, 0.6) is 5.75 Å². The van der Waals surface area contributed by atoms with E-state index in [-0.39, 0.29) is 18.6 Å². The molecule has 2 N–H and O–H groups in total. The van der Waals surface area contributed by atoms with Crippen LogP contribution in [0.4, 0.5) is 5.82 Å². The van der Waals surface area contributed by atoms with E-state index in [1.54, 1.807) is 6.20 Å². The van der Waals surface area contributed by atoms with Crippen LogP contribution in [0.15, 0.2) is 72.9 Å². The van der Waals surface area contributed by atoms with E-state index in [1.807, 2.05) is 44.2 Å². The molecule has 3 aromatic carbocycles. The largest absolute Gasteiger partial charge is 0.487 e. The number of hydrogen-bond donors (Lipinski definition) is 1. The van der Waals surface area contributed by atoms with Crippen molar-refractivity contribution in [3.63, 3.8) is 0 Å². The lowest BCUT2D eigenvalue weighted by molar-refractivity contribution is -0.144. The zero-order chi connectivity index (χ0) is 27.6. The van der Waals surface area contributed by atoms with Gasteiger partial charge < -0.3 is 19.9 Å². The van der Waals surface area contributed by atoms with Crippen molar-refractivity contribution in [2.45, 2.75) is 38.8 Å². The van der Waals surface area contributed by atoms with Crippen molar-refractivity contribution in [2.24, 2.45) is 0 Å². The Morgan fingerprint density at radius 2 is 1.90 bits per heavy atom. The van der Waals surface area contributed by atoms with Crippen LogP contribution < -0.4 is 10.5 Å². The highest BCUT2D eigenvalue weighted by Crippen LogP contribution is 2.34. The highest BCUT2D eigenvalue weighted by Gasteiger charge is 2.24. The highest BCUT2D eigenvalue weighted by atomic mass is 16.5. The van der Waals surface area contributed by atoms with Gasteiger partial charge in [-0.05, 0) is 67.1 Å². The Kier molecular flexibility index (Phi) is 7.09. The van der Waals surface area contributed by atoms with Crippen molar-refractivity contribution in [2.75, 3.05) is 25.6 Å². The molecular weight excluding hydrogens is 504 g/mol. The summed E-state index contributed by atoms with van der Waals surface area (Å²) in [5.41, 5.74) is 10.9. The van der Waals surface area contributed by atoms with Crippen molar-refractivity contribution in [3.05, 3.63) is 84.2 Å². The van der Waals surface area contributed by atoms with Crippen molar-refractivity contribution in [1.29, 1.82) is 0 Å². The fourth-order valence-corrected chi connectivity index (χ4v) is 5.36. The molecule has 1 aliphatic rings. The second-order valence-corrected chi connectivity index (χ2v) is 10.1. The predicted octanol–water partition coefficient (Wildman–Crippen LogP) is 6.04. The number of ether oxygens (including phenoxy) is 3. The number of fused-ring (bicyclic) bond motifs is 2. The Hall–Kier alpha value is -4.43. The summed E-state index contributed by atoms with van der Waals surface area (Å²) in [5, 5.41) is 8.01. The number of nitrogen functional groups attached to an aromatic ring is 1. The van der Waals surface area contributed by atoms with Crippen LogP contribution in [-0.4, -0.2) is 40.6 Å². The molecule has 3 heterocycles. The van der Waals surface area contributed by atoms with Crippen LogP contribution >= 0.6 is 0 Å². The van der Waals surface area contributed by atoms with Gasteiger partial charge in [-0.3, -0.25) is 9.48 Å². The molecular formula is C32H32N4O4. The zero-order valence-electron chi connectivity index (χ0n) is 22.7. The summed E-state index contributed by atoms with van der Waals surface area (Å²) in [7, 11) is 0. The molecule has 8 heteroatoms. The number of anilines is 1. The third-order valence-corrected chi connectivity index (χ3v) is 7.55. The first-order chi connectivity index (χ1) is 19.5. The number of aromatic nitrogens is 3. The Morgan fingerprint density at radius 3 is 2.70 bits per heavy atom. The smallest absolute Gasteiger partial charge is 0.313 e. The van der Waals surface area contributed by atoms with E-state index in [0.29, 0.717) is 24.8 Å². The number of pyridine rings is 1. The predicted molar refractivity (Wildman–Crippen MR) is 155 cm³/mol. The molecule has 204 valence electrons. The molecule has 0 amide bonds. The molecule has 0 bridgehead atoms. The molecule has 40 heavy (non-hydrogen) atoms. The van der Waals surface area contributed by atoms with Gasteiger partial charge >= 0.3 is 5.97 Å². The van der Waals surface area contributed by atoms with Gasteiger partial charge in [0.05, 0.1) is 30.7 Å². The van der Waals surface area contributed by atoms with Gasteiger partial charge in [-0.2, -0.15) is 5.10 Å². The number of rotatable bonds is 8. The first kappa shape index (κ1) is 25.8. The summed E-state index contributed by atoms with van der Waals surface area (Å²) in [6.07, 6.45) is 2.64. The summed E-state index contributed by atoms with van der Waals surface area (Å²) >= 11 is 0. The van der Waals surface area contributed by atoms with Crippen molar-refractivity contribution in [1.82, 2.24) is 14.8 Å². The lowest BCUT2D eigenvalue weighted by Crippen LogP contribution is -2.14. The Labute approximate surface area is 232 Å². The van der Waals surface area contributed by atoms with Gasteiger partial charge in [0.15, 0.2) is 0 Å². The molecule has 0 aliphatic carbocycles. The number of nitrogens with zero attached hydrogens (tertiary/aromatic N) is 3. The molecule has 0 radical (unpaired) electrons. The molecule has 2 atom stereocenters. The van der Waals surface area contributed by atoms with E-state index in [1.165, 1.54) is 0 Å². The second kappa shape index (κ2) is 11.0. The van der Waals surface area contributed by atoms with Crippen molar-refractivity contribution < 1.29 is 19.0 Å². The standard InChI is InChI=1S/C32H32N4O4/c1-3-39-32(37)20(2)25-6-4-5-7-30(25)40-19-28-27-17-23(10-11-29(27)36(35-28)24-13-15-38-18-24)22-9-8-21-12-14-34-31(33)26(21)16-22/h4-12,14,16-17,20,24H,3,13,15,18-19H2,1-2H3,(H2,33,34). The van der Waals surface area contributed by atoms with Crippen LogP contribution in [-0.2, 0) is 20.9 Å². The maximum atomic E-state index is 12.5. The molecule has 1 fully saturated rings. The highest BCUT2D eigenvalue weighted by molar-refractivity contribution is 5.95. The van der Waals surface area contributed by atoms with Crippen molar-refractivity contribution in [3.8, 4) is 16.9 Å². The van der Waals surface area contributed by atoms with Crippen molar-refractivity contribution >= 4 is 33.5 Å². The molecule has 0 spiro atoms. The van der Waals surface area contributed by atoms with Gasteiger partial charge in [0.1, 0.15) is 23.9 Å². The summed E-state index contributed by atoms with van der Waals surface area (Å²) in [5.74, 6) is 0.441. The van der Waals surface area contributed by atoms with Gasteiger partial charge in [-0.15, -0.1) is 0 Å². The van der Waals surface area contributed by atoms with Crippen LogP contribution in [0.3, 0.4) is 0 Å². The fraction of sp³-hybridized carbons (Fsp3) is 0.281. The molecule has 0 saturated carbocycles. The summed E-state index contributed by atoms with van der Waals surface area (Å²) < 4.78 is 19.3. The molecule has 1 aliphatic heterocycles. The number of esters is 1. The maximum absolute atomic E-state index is 12.5. The molecule has 8 nitrogen and oxygen atoms in total. The lowest BCUT2D eigenvalue weighted by atomic mass is 10.00. The minimum atomic E-state index is -0.442. The van der Waals surface area contributed by atoms with E-state index in [0.717, 1.165) is 57.1 Å². The van der Waals surface area contributed by atoms with E-state index >= 15 is 0 Å². The van der Waals surface area contributed by atoms with Crippen LogP contribution in [0.2, 0.25) is 0 Å². The van der Waals surface area contributed by atoms with Crippen LogP contribution in [0, 0.1) is 0 Å². The number of hydrogen-bond acceptors (Lipinski definition) is 7. The third kappa shape index (κ3) is 4.86. The minimum absolute atomic E-state index is 0.171. The average molecular weight is 537 g/mol. The Bertz CT molecular complexity index is 1690. The van der Waals surface area contributed by atoms with Gasteiger partial charge in [0.2, 0.25) is 0 Å². The first-order valence-corrected chi connectivity index (χ1v) is 13.7. The van der Waals surface area contributed by atoms with Gasteiger partial charge in [0.25, 0.3) is 0 Å². The Balaban J connectivity index is 1.37. The number of nitrogens with two attached hydrogens (primary N) is 1. The summed E-state index contributed by atoms with van der Waals surface area (Å²) in [4.78, 5) is 16.7. The maximum Gasteiger partial charge on any atom is 0.313 e. The number of carbonyl (C=O) groups excluding carboxylic acids is 1. The van der Waals surface area contributed by atoms with E-state index in [4.69, 9.17) is 25.0 Å². The van der Waals surface area contributed by atoms with Gasteiger partial charge in [-0.25, -0.2) is 4.98 Å². The topological polar surface area (TPSA) is 101 Å². The zero-order valence-corrected chi connectivity index (χ0v) is 22.7. The fourth-order valence-electron chi connectivity index (χ4n) is 5.36. The number of benzene rings is 3. The van der Waals surface area contributed by atoms with Gasteiger partial charge in [0, 0.05) is 29.1 Å². The quantitative estimate of drug-likeness (QED) is 0.241. The normalized spacial score (nSPS) is 15.9. The number of para-hydroxylation sites is 1. The molecule has 5 aromatic rings. The molecule has 2 unspecified atom stereocenters. The van der Waals surface area contributed by atoms with E-state index in [9.17, 15) is 4.79 Å². The summed E-state index contributed by atoms with van der Waals surface area (Å²) in [6.45, 7) is 5.59. The van der Waals surface area contributed by atoms with Gasteiger partial charge in [-0.1, -0.05) is 36.4 Å². The number of carbonyl (C=O) groups is 1. The first-order valence-electron chi connectivity index (χ1n) is 13.7. The third-order valence-electron chi connectivity index (χ3n) is 7.55. The molecule has 6 rings (SSSR count). The van der Waals surface area contributed by atoms with E-state index in [2.05, 4.69) is 46.1 Å². The summed E-state index contributed by atoms with van der Waals surface area (Å²) in [6, 6.07) is 22.4.